The Balaban J connectivity index is 1.68. The molecule has 1 heterocycles. The summed E-state index contributed by atoms with van der Waals surface area (Å²) in [6, 6.07) is 14.1. The van der Waals surface area contributed by atoms with Crippen LogP contribution in [0.5, 0.6) is 0 Å². The maximum atomic E-state index is 12.9. The lowest BCUT2D eigenvalue weighted by atomic mass is 9.99. The largest absolute Gasteiger partial charge is 0.289 e. The fourth-order valence-electron chi connectivity index (χ4n) is 3.26. The van der Waals surface area contributed by atoms with Crippen LogP contribution in [0.2, 0.25) is 0 Å². The molecule has 0 bridgehead atoms. The molecule has 4 rings (SSSR count). The second kappa shape index (κ2) is 7.26. The van der Waals surface area contributed by atoms with Crippen molar-refractivity contribution < 1.29 is 24.2 Å². The second-order valence-corrected chi connectivity index (χ2v) is 6.62. The molecule has 0 unspecified atom stereocenters. The molecule has 3 aromatic carbocycles. The predicted octanol–water partition coefficient (Wildman–Crippen LogP) is 3.53. The van der Waals surface area contributed by atoms with Gasteiger partial charge in [0.25, 0.3) is 23.2 Å². The highest BCUT2D eigenvalue weighted by Gasteiger charge is 2.37. The van der Waals surface area contributed by atoms with Crippen molar-refractivity contribution in [3.05, 3.63) is 109 Å². The van der Waals surface area contributed by atoms with Gasteiger partial charge in [0.15, 0.2) is 5.78 Å². The van der Waals surface area contributed by atoms with Gasteiger partial charge in [-0.05, 0) is 30.3 Å². The Morgan fingerprint density at radius 1 is 0.710 bits per heavy atom. The summed E-state index contributed by atoms with van der Waals surface area (Å²) in [5.41, 5.74) is -0.0425. The van der Waals surface area contributed by atoms with Crippen molar-refractivity contribution in [2.45, 2.75) is 0 Å². The third kappa shape index (κ3) is 3.31. The number of ketones is 1. The van der Waals surface area contributed by atoms with Crippen LogP contribution in [-0.2, 0) is 0 Å². The highest BCUT2D eigenvalue weighted by molar-refractivity contribution is 6.35. The topological polar surface area (TPSA) is 141 Å². The number of nitrogens with zero attached hydrogens (tertiary/aromatic N) is 3. The van der Waals surface area contributed by atoms with Crippen LogP contribution in [0.25, 0.3) is 0 Å². The predicted molar refractivity (Wildman–Crippen MR) is 107 cm³/mol. The van der Waals surface area contributed by atoms with Gasteiger partial charge < -0.3 is 0 Å². The summed E-state index contributed by atoms with van der Waals surface area (Å²) < 4.78 is 0. The Kier molecular flexibility index (Phi) is 4.59. The Morgan fingerprint density at radius 2 is 1.32 bits per heavy atom. The van der Waals surface area contributed by atoms with E-state index in [0.29, 0.717) is 0 Å². The number of amides is 2. The van der Waals surface area contributed by atoms with E-state index >= 15 is 0 Å². The van der Waals surface area contributed by atoms with Gasteiger partial charge in [-0.15, -0.1) is 0 Å². The molecular formula is C21H11N3O7. The molecule has 3 aromatic rings. The number of hydrogen-bond donors (Lipinski definition) is 0. The van der Waals surface area contributed by atoms with Crippen LogP contribution in [0.1, 0.15) is 36.6 Å². The molecule has 0 saturated carbocycles. The molecule has 0 radical (unpaired) electrons. The first-order valence-electron chi connectivity index (χ1n) is 8.84. The number of carbonyl (C=O) groups is 3. The summed E-state index contributed by atoms with van der Waals surface area (Å²) in [4.78, 5) is 59.7. The molecule has 0 aromatic heterocycles. The van der Waals surface area contributed by atoms with E-state index in [4.69, 9.17) is 0 Å². The number of non-ortho nitro benzene ring substituents is 2. The van der Waals surface area contributed by atoms with Crippen LogP contribution in [0.4, 0.5) is 17.1 Å². The zero-order chi connectivity index (χ0) is 22.3. The van der Waals surface area contributed by atoms with Gasteiger partial charge in [-0.25, -0.2) is 4.90 Å². The number of nitro groups is 2. The molecular weight excluding hydrogens is 406 g/mol. The van der Waals surface area contributed by atoms with Crippen LogP contribution in [0.15, 0.2) is 66.7 Å². The summed E-state index contributed by atoms with van der Waals surface area (Å²) in [5.74, 6) is -1.85. The molecule has 152 valence electrons. The molecule has 0 aliphatic carbocycles. The lowest BCUT2D eigenvalue weighted by molar-refractivity contribution is -0.385. The Bertz CT molecular complexity index is 1300. The maximum Gasteiger partial charge on any atom is 0.271 e. The van der Waals surface area contributed by atoms with Crippen molar-refractivity contribution >= 4 is 34.7 Å². The van der Waals surface area contributed by atoms with Crippen molar-refractivity contribution in [2.24, 2.45) is 0 Å². The highest BCUT2D eigenvalue weighted by Crippen LogP contribution is 2.31. The SMILES string of the molecule is O=C(c1ccc([N+](=O)[O-])cc1)c1ccc2c(c1)C(=O)N(c1cccc([N+](=O)[O-])c1)C2=O. The highest BCUT2D eigenvalue weighted by atomic mass is 16.6. The molecule has 0 atom stereocenters. The van der Waals surface area contributed by atoms with Gasteiger partial charge in [0.05, 0.1) is 26.7 Å². The van der Waals surface area contributed by atoms with Crippen molar-refractivity contribution in [3.63, 3.8) is 0 Å². The van der Waals surface area contributed by atoms with Crippen LogP contribution >= 0.6 is 0 Å². The van der Waals surface area contributed by atoms with E-state index in [1.54, 1.807) is 0 Å². The van der Waals surface area contributed by atoms with Crippen LogP contribution in [-0.4, -0.2) is 27.4 Å². The standard InChI is InChI=1S/C21H11N3O7/c25-19(12-4-7-14(8-5-12)23(28)29)13-6-9-17-18(10-13)21(27)22(20(17)26)15-2-1-3-16(11-15)24(30)31/h1-11H. The minimum atomic E-state index is -0.709. The van der Waals surface area contributed by atoms with Crippen LogP contribution < -0.4 is 4.90 Å². The molecule has 1 aliphatic heterocycles. The minimum Gasteiger partial charge on any atom is -0.289 e. The smallest absolute Gasteiger partial charge is 0.271 e. The number of nitro benzene ring substituents is 2. The zero-order valence-corrected chi connectivity index (χ0v) is 15.6. The summed E-state index contributed by atoms with van der Waals surface area (Å²) in [6.07, 6.45) is 0. The van der Waals surface area contributed by atoms with Gasteiger partial charge in [-0.3, -0.25) is 34.6 Å². The Hall–Kier alpha value is -4.73. The molecule has 0 saturated heterocycles. The van der Waals surface area contributed by atoms with Gasteiger partial charge in [0, 0.05) is 35.4 Å². The Labute approximate surface area is 173 Å². The van der Waals surface area contributed by atoms with Gasteiger partial charge in [0.1, 0.15) is 0 Å². The van der Waals surface area contributed by atoms with E-state index in [9.17, 15) is 34.6 Å². The van der Waals surface area contributed by atoms with Crippen LogP contribution in [0, 0.1) is 20.2 Å². The van der Waals surface area contributed by atoms with E-state index in [1.807, 2.05) is 0 Å². The molecule has 10 nitrogen and oxygen atoms in total. The third-order valence-electron chi connectivity index (χ3n) is 4.79. The van der Waals surface area contributed by atoms with Crippen molar-refractivity contribution in [2.75, 3.05) is 4.90 Å². The lowest BCUT2D eigenvalue weighted by Crippen LogP contribution is -2.29. The van der Waals surface area contributed by atoms with Crippen LogP contribution in [0.3, 0.4) is 0 Å². The molecule has 2 amide bonds. The monoisotopic (exact) mass is 417 g/mol. The lowest BCUT2D eigenvalue weighted by Gasteiger charge is -2.13. The summed E-state index contributed by atoms with van der Waals surface area (Å²) >= 11 is 0. The molecule has 0 N–H and O–H groups in total. The minimum absolute atomic E-state index is 0.00994. The van der Waals surface area contributed by atoms with Crippen molar-refractivity contribution in [3.8, 4) is 0 Å². The van der Waals surface area contributed by atoms with E-state index in [2.05, 4.69) is 0 Å². The first-order chi connectivity index (χ1) is 14.8. The number of imide groups is 1. The normalized spacial score (nSPS) is 12.6. The number of benzene rings is 3. The fraction of sp³-hybridized carbons (Fsp3) is 0. The number of rotatable bonds is 5. The summed E-state index contributed by atoms with van der Waals surface area (Å²) in [6.45, 7) is 0. The quantitative estimate of drug-likeness (QED) is 0.267. The Morgan fingerprint density at radius 3 is 1.97 bits per heavy atom. The number of fused-ring (bicyclic) bond motifs is 1. The third-order valence-corrected chi connectivity index (χ3v) is 4.79. The molecule has 0 spiro atoms. The molecule has 10 heteroatoms. The molecule has 0 fully saturated rings. The van der Waals surface area contributed by atoms with E-state index in [1.165, 1.54) is 60.7 Å². The number of anilines is 1. The van der Waals surface area contributed by atoms with Crippen molar-refractivity contribution in [1.82, 2.24) is 0 Å². The van der Waals surface area contributed by atoms with Gasteiger partial charge in [-0.2, -0.15) is 0 Å². The number of carbonyl (C=O) groups excluding carboxylic acids is 3. The average molecular weight is 417 g/mol. The van der Waals surface area contributed by atoms with E-state index in [0.717, 1.165) is 11.0 Å². The fourth-order valence-corrected chi connectivity index (χ4v) is 3.26. The zero-order valence-electron chi connectivity index (χ0n) is 15.6. The summed E-state index contributed by atoms with van der Waals surface area (Å²) in [7, 11) is 0. The van der Waals surface area contributed by atoms with Crippen molar-refractivity contribution in [1.29, 1.82) is 0 Å². The van der Waals surface area contributed by atoms with Gasteiger partial charge in [0.2, 0.25) is 0 Å². The average Bonchev–Trinajstić information content (AvgIpc) is 3.03. The van der Waals surface area contributed by atoms with E-state index < -0.39 is 27.4 Å². The number of hydrogen-bond acceptors (Lipinski definition) is 7. The maximum absolute atomic E-state index is 12.9. The molecule has 1 aliphatic rings. The first kappa shape index (κ1) is 19.6. The first-order valence-corrected chi connectivity index (χ1v) is 8.84. The second-order valence-electron chi connectivity index (χ2n) is 6.62. The molecule has 31 heavy (non-hydrogen) atoms. The summed E-state index contributed by atoms with van der Waals surface area (Å²) in [5, 5.41) is 21.8. The van der Waals surface area contributed by atoms with Gasteiger partial charge >= 0.3 is 0 Å². The van der Waals surface area contributed by atoms with E-state index in [-0.39, 0.29) is 39.3 Å². The van der Waals surface area contributed by atoms with Gasteiger partial charge in [-0.1, -0.05) is 12.1 Å².